The summed E-state index contributed by atoms with van der Waals surface area (Å²) in [5.41, 5.74) is 1.06. The molecule has 0 amide bonds. The molecule has 0 aliphatic carbocycles. The number of piperidine rings is 1. The van der Waals surface area contributed by atoms with E-state index >= 15 is 0 Å². The van der Waals surface area contributed by atoms with Crippen molar-refractivity contribution in [3.63, 3.8) is 0 Å². The summed E-state index contributed by atoms with van der Waals surface area (Å²) in [6.45, 7) is 3.13. The van der Waals surface area contributed by atoms with Crippen LogP contribution >= 0.6 is 0 Å². The lowest BCUT2D eigenvalue weighted by molar-refractivity contribution is 0.449. The van der Waals surface area contributed by atoms with Gasteiger partial charge in [-0.3, -0.25) is 0 Å². The topological polar surface area (TPSA) is 72.1 Å². The average molecular weight is 323 g/mol. The SMILES string of the molecule is CCCc1cc(N2CCCC[C@H]2c2ncccn2)n2ncnc2n1. The van der Waals surface area contributed by atoms with Crippen molar-refractivity contribution >= 4 is 11.6 Å². The summed E-state index contributed by atoms with van der Waals surface area (Å²) in [6.07, 6.45) is 10.6. The monoisotopic (exact) mass is 323 g/mol. The number of nitrogens with zero attached hydrogens (tertiary/aromatic N) is 7. The second-order valence-corrected chi connectivity index (χ2v) is 6.14. The molecule has 0 bridgehead atoms. The minimum atomic E-state index is 0.171. The van der Waals surface area contributed by atoms with Crippen molar-refractivity contribution in [3.05, 3.63) is 42.4 Å². The highest BCUT2D eigenvalue weighted by atomic mass is 15.4. The van der Waals surface area contributed by atoms with Gasteiger partial charge in [-0.25, -0.2) is 15.0 Å². The van der Waals surface area contributed by atoms with Crippen molar-refractivity contribution in [1.82, 2.24) is 29.5 Å². The first-order valence-electron chi connectivity index (χ1n) is 8.60. The molecule has 1 saturated heterocycles. The molecule has 1 fully saturated rings. The second-order valence-electron chi connectivity index (χ2n) is 6.14. The number of fused-ring (bicyclic) bond motifs is 1. The van der Waals surface area contributed by atoms with Crippen LogP contribution in [-0.2, 0) is 6.42 Å². The summed E-state index contributed by atoms with van der Waals surface area (Å²) < 4.78 is 1.83. The van der Waals surface area contributed by atoms with E-state index in [0.717, 1.165) is 49.6 Å². The van der Waals surface area contributed by atoms with Crippen LogP contribution in [0.4, 0.5) is 5.82 Å². The van der Waals surface area contributed by atoms with E-state index in [1.165, 1.54) is 6.42 Å². The van der Waals surface area contributed by atoms with Gasteiger partial charge in [0.25, 0.3) is 5.78 Å². The maximum atomic E-state index is 4.61. The maximum absolute atomic E-state index is 4.61. The van der Waals surface area contributed by atoms with Crippen LogP contribution in [0, 0.1) is 0 Å². The Labute approximate surface area is 140 Å². The van der Waals surface area contributed by atoms with E-state index in [-0.39, 0.29) is 6.04 Å². The predicted octanol–water partition coefficient (Wildman–Crippen LogP) is 2.60. The van der Waals surface area contributed by atoms with Gasteiger partial charge in [-0.05, 0) is 31.7 Å². The third-order valence-electron chi connectivity index (χ3n) is 4.47. The summed E-state index contributed by atoms with van der Waals surface area (Å²) in [7, 11) is 0. The molecule has 0 radical (unpaired) electrons. The van der Waals surface area contributed by atoms with Crippen molar-refractivity contribution in [2.24, 2.45) is 0 Å². The summed E-state index contributed by atoms with van der Waals surface area (Å²) in [6, 6.07) is 4.18. The Morgan fingerprint density at radius 1 is 1.17 bits per heavy atom. The van der Waals surface area contributed by atoms with Gasteiger partial charge < -0.3 is 4.90 Å². The lowest BCUT2D eigenvalue weighted by Crippen LogP contribution is -2.36. The van der Waals surface area contributed by atoms with Gasteiger partial charge in [0, 0.05) is 30.7 Å². The fourth-order valence-corrected chi connectivity index (χ4v) is 3.39. The van der Waals surface area contributed by atoms with Gasteiger partial charge >= 0.3 is 0 Å². The van der Waals surface area contributed by atoms with E-state index in [1.807, 2.05) is 23.0 Å². The largest absolute Gasteiger partial charge is 0.346 e. The van der Waals surface area contributed by atoms with Crippen LogP contribution in [-0.4, -0.2) is 36.1 Å². The second kappa shape index (κ2) is 6.51. The molecule has 0 spiro atoms. The zero-order chi connectivity index (χ0) is 16.4. The Bertz CT molecular complexity index is 814. The van der Waals surface area contributed by atoms with Gasteiger partial charge in [-0.15, -0.1) is 0 Å². The molecular weight excluding hydrogens is 302 g/mol. The minimum absolute atomic E-state index is 0.171. The van der Waals surface area contributed by atoms with Crippen molar-refractivity contribution < 1.29 is 0 Å². The summed E-state index contributed by atoms with van der Waals surface area (Å²) in [5.74, 6) is 2.58. The third kappa shape index (κ3) is 2.70. The molecule has 7 heteroatoms. The van der Waals surface area contributed by atoms with E-state index in [4.69, 9.17) is 0 Å². The Kier molecular flexibility index (Phi) is 4.06. The highest BCUT2D eigenvalue weighted by Crippen LogP contribution is 2.33. The van der Waals surface area contributed by atoms with Crippen LogP contribution in [0.2, 0.25) is 0 Å². The normalized spacial score (nSPS) is 18.2. The molecule has 3 aromatic rings. The molecule has 7 nitrogen and oxygen atoms in total. The molecule has 3 aromatic heterocycles. The number of hydrogen-bond donors (Lipinski definition) is 0. The molecule has 124 valence electrons. The Balaban J connectivity index is 1.80. The van der Waals surface area contributed by atoms with E-state index in [9.17, 15) is 0 Å². The zero-order valence-corrected chi connectivity index (χ0v) is 13.8. The highest BCUT2D eigenvalue weighted by molar-refractivity contribution is 5.49. The van der Waals surface area contributed by atoms with E-state index < -0.39 is 0 Å². The van der Waals surface area contributed by atoms with Crippen molar-refractivity contribution in [1.29, 1.82) is 0 Å². The van der Waals surface area contributed by atoms with E-state index in [0.29, 0.717) is 5.78 Å². The summed E-state index contributed by atoms with van der Waals surface area (Å²) in [5, 5.41) is 4.38. The molecule has 0 aromatic carbocycles. The first-order valence-corrected chi connectivity index (χ1v) is 8.60. The quantitative estimate of drug-likeness (QED) is 0.735. The van der Waals surface area contributed by atoms with Gasteiger partial charge in [0.05, 0.1) is 6.04 Å². The standard InChI is InChI=1S/C17H21N7/c1-2-6-13-11-15(24-17(22-13)20-12-21-24)23-10-4-3-7-14(23)16-18-8-5-9-19-16/h5,8-9,11-12,14H,2-4,6-7,10H2,1H3/t14-/m0/s1. The van der Waals surface area contributed by atoms with Crippen LogP contribution in [0.15, 0.2) is 30.9 Å². The molecular formula is C17H21N7. The summed E-state index contributed by atoms with van der Waals surface area (Å²) in [4.78, 5) is 20.3. The molecule has 1 atom stereocenters. The average Bonchev–Trinajstić information content (AvgIpc) is 3.11. The minimum Gasteiger partial charge on any atom is -0.346 e. The molecule has 0 N–H and O–H groups in total. The molecule has 4 rings (SSSR count). The highest BCUT2D eigenvalue weighted by Gasteiger charge is 2.28. The van der Waals surface area contributed by atoms with Crippen LogP contribution < -0.4 is 4.90 Å². The Morgan fingerprint density at radius 2 is 2.04 bits per heavy atom. The number of hydrogen-bond acceptors (Lipinski definition) is 6. The molecule has 4 heterocycles. The number of aromatic nitrogens is 6. The smallest absolute Gasteiger partial charge is 0.254 e. The number of rotatable bonds is 4. The van der Waals surface area contributed by atoms with Crippen molar-refractivity contribution in [2.45, 2.75) is 45.1 Å². The maximum Gasteiger partial charge on any atom is 0.254 e. The van der Waals surface area contributed by atoms with Gasteiger partial charge in [0.15, 0.2) is 5.82 Å². The van der Waals surface area contributed by atoms with E-state index in [1.54, 1.807) is 6.33 Å². The lowest BCUT2D eigenvalue weighted by atomic mass is 10.0. The fourth-order valence-electron chi connectivity index (χ4n) is 3.39. The van der Waals surface area contributed by atoms with E-state index in [2.05, 4.69) is 42.9 Å². The van der Waals surface area contributed by atoms with Gasteiger partial charge in [0.1, 0.15) is 12.1 Å². The lowest BCUT2D eigenvalue weighted by Gasteiger charge is -2.36. The Hall–Kier alpha value is -2.57. The third-order valence-corrected chi connectivity index (χ3v) is 4.47. The first-order chi connectivity index (χ1) is 11.9. The van der Waals surface area contributed by atoms with Crippen molar-refractivity contribution in [3.8, 4) is 0 Å². The summed E-state index contributed by atoms with van der Waals surface area (Å²) >= 11 is 0. The zero-order valence-electron chi connectivity index (χ0n) is 13.8. The molecule has 24 heavy (non-hydrogen) atoms. The van der Waals surface area contributed by atoms with Gasteiger partial charge in [-0.1, -0.05) is 13.3 Å². The van der Waals surface area contributed by atoms with Crippen LogP contribution in [0.5, 0.6) is 0 Å². The number of anilines is 1. The van der Waals surface area contributed by atoms with Gasteiger partial charge in [-0.2, -0.15) is 14.6 Å². The van der Waals surface area contributed by atoms with Crippen LogP contribution in [0.3, 0.4) is 0 Å². The number of aryl methyl sites for hydroxylation is 1. The van der Waals surface area contributed by atoms with Crippen LogP contribution in [0.25, 0.3) is 5.78 Å². The van der Waals surface area contributed by atoms with Crippen LogP contribution in [0.1, 0.15) is 50.2 Å². The molecule has 0 unspecified atom stereocenters. The first kappa shape index (κ1) is 15.0. The Morgan fingerprint density at radius 3 is 2.88 bits per heavy atom. The molecule has 1 aliphatic heterocycles. The predicted molar refractivity (Wildman–Crippen MR) is 90.7 cm³/mol. The van der Waals surface area contributed by atoms with Crippen molar-refractivity contribution in [2.75, 3.05) is 11.4 Å². The molecule has 0 saturated carbocycles. The fraction of sp³-hybridized carbons (Fsp3) is 0.471. The van der Waals surface area contributed by atoms with Gasteiger partial charge in [0.2, 0.25) is 0 Å². The molecule has 1 aliphatic rings.